The lowest BCUT2D eigenvalue weighted by Gasteiger charge is -2.30. The number of carbonyl (C=O) groups excluding carboxylic acids is 2. The van der Waals surface area contributed by atoms with Gasteiger partial charge in [0.05, 0.1) is 10.6 Å². The van der Waals surface area contributed by atoms with E-state index in [1.807, 2.05) is 0 Å². The number of hydrogen-bond donors (Lipinski definition) is 1. The van der Waals surface area contributed by atoms with E-state index >= 15 is 0 Å². The molecular weight excluding hydrogens is 352 g/mol. The van der Waals surface area contributed by atoms with E-state index < -0.39 is 10.8 Å². The molecule has 1 unspecified atom stereocenters. The first-order valence-electron chi connectivity index (χ1n) is 9.22. The summed E-state index contributed by atoms with van der Waals surface area (Å²) >= 11 is 0. The Kier molecular flexibility index (Phi) is 5.90. The van der Waals surface area contributed by atoms with Gasteiger partial charge in [-0.2, -0.15) is 0 Å². The third kappa shape index (κ3) is 4.36. The third-order valence-electron chi connectivity index (χ3n) is 5.06. The molecule has 1 aromatic rings. The number of rotatable bonds is 7. The second kappa shape index (κ2) is 8.34. The lowest BCUT2D eigenvalue weighted by Crippen LogP contribution is -2.48. The summed E-state index contributed by atoms with van der Waals surface area (Å²) in [4.78, 5) is 38.7. The van der Waals surface area contributed by atoms with Crippen molar-refractivity contribution in [3.05, 3.63) is 28.3 Å². The fourth-order valence-corrected chi connectivity index (χ4v) is 3.55. The Morgan fingerprint density at radius 2 is 2.11 bits per heavy atom. The van der Waals surface area contributed by atoms with Crippen molar-refractivity contribution in [3.63, 3.8) is 0 Å². The minimum atomic E-state index is -0.542. The van der Waals surface area contributed by atoms with E-state index in [0.29, 0.717) is 12.3 Å². The second-order valence-corrected chi connectivity index (χ2v) is 6.79. The third-order valence-corrected chi connectivity index (χ3v) is 5.06. The van der Waals surface area contributed by atoms with Gasteiger partial charge < -0.3 is 10.1 Å². The maximum atomic E-state index is 12.4. The van der Waals surface area contributed by atoms with Crippen molar-refractivity contribution in [3.8, 4) is 5.75 Å². The molecule has 27 heavy (non-hydrogen) atoms. The molecular formula is C18H24N4O5. The van der Waals surface area contributed by atoms with E-state index in [9.17, 15) is 19.7 Å². The van der Waals surface area contributed by atoms with E-state index in [2.05, 4.69) is 17.1 Å². The standard InChI is InChI=1S/C18H24N4O5/c1-2-13(20-7-3-4-8-20)10-19-17(23)11-21-15-9-14(22(25)26)5-6-16(15)27-12-18(21)24/h5-6,9,13H,2-4,7-8,10-12H2,1H3,(H,19,23). The number of benzene rings is 1. The maximum absolute atomic E-state index is 12.4. The predicted octanol–water partition coefficient (Wildman–Crippen LogP) is 1.31. The molecule has 2 amide bonds. The molecule has 0 radical (unpaired) electrons. The van der Waals surface area contributed by atoms with Crippen LogP contribution in [0.4, 0.5) is 11.4 Å². The van der Waals surface area contributed by atoms with Gasteiger partial charge in [0.1, 0.15) is 12.3 Å². The second-order valence-electron chi connectivity index (χ2n) is 6.79. The molecule has 0 spiro atoms. The van der Waals surface area contributed by atoms with Crippen LogP contribution in [0.25, 0.3) is 0 Å². The average molecular weight is 376 g/mol. The fraction of sp³-hybridized carbons (Fsp3) is 0.556. The molecule has 2 heterocycles. The molecule has 2 aliphatic heterocycles. The molecule has 1 N–H and O–H groups in total. The molecule has 0 aromatic heterocycles. The summed E-state index contributed by atoms with van der Waals surface area (Å²) in [6.45, 7) is 4.34. The predicted molar refractivity (Wildman–Crippen MR) is 98.8 cm³/mol. The van der Waals surface area contributed by atoms with Gasteiger partial charge in [-0.25, -0.2) is 0 Å². The van der Waals surface area contributed by atoms with E-state index in [-0.39, 0.29) is 36.5 Å². The van der Waals surface area contributed by atoms with Crippen LogP contribution in [0.5, 0.6) is 5.75 Å². The highest BCUT2D eigenvalue weighted by molar-refractivity contribution is 6.02. The molecule has 9 heteroatoms. The molecule has 1 fully saturated rings. The van der Waals surface area contributed by atoms with Gasteiger partial charge in [-0.05, 0) is 38.4 Å². The van der Waals surface area contributed by atoms with Crippen LogP contribution in [-0.2, 0) is 9.59 Å². The van der Waals surface area contributed by atoms with Crippen molar-refractivity contribution in [1.82, 2.24) is 10.2 Å². The van der Waals surface area contributed by atoms with Gasteiger partial charge in [-0.1, -0.05) is 6.92 Å². The zero-order valence-electron chi connectivity index (χ0n) is 15.3. The van der Waals surface area contributed by atoms with E-state index in [1.54, 1.807) is 0 Å². The van der Waals surface area contributed by atoms with Crippen molar-refractivity contribution in [2.75, 3.05) is 37.7 Å². The number of nitro groups is 1. The molecule has 146 valence electrons. The molecule has 0 aliphatic carbocycles. The number of fused-ring (bicyclic) bond motifs is 1. The van der Waals surface area contributed by atoms with Crippen molar-refractivity contribution in [1.29, 1.82) is 0 Å². The lowest BCUT2D eigenvalue weighted by molar-refractivity contribution is -0.384. The van der Waals surface area contributed by atoms with Gasteiger partial charge in [-0.3, -0.25) is 29.5 Å². The Labute approximate surface area is 157 Å². The highest BCUT2D eigenvalue weighted by Crippen LogP contribution is 2.35. The number of nitrogens with one attached hydrogen (secondary N) is 1. The molecule has 1 aromatic carbocycles. The van der Waals surface area contributed by atoms with E-state index in [1.165, 1.54) is 35.9 Å². The lowest BCUT2D eigenvalue weighted by atomic mass is 10.2. The van der Waals surface area contributed by atoms with Crippen molar-refractivity contribution in [2.24, 2.45) is 0 Å². The maximum Gasteiger partial charge on any atom is 0.271 e. The molecule has 3 rings (SSSR count). The number of nitro benzene ring substituents is 1. The minimum absolute atomic E-state index is 0.155. The van der Waals surface area contributed by atoms with Crippen molar-refractivity contribution < 1.29 is 19.2 Å². The molecule has 9 nitrogen and oxygen atoms in total. The molecule has 2 aliphatic rings. The summed E-state index contributed by atoms with van der Waals surface area (Å²) < 4.78 is 5.31. The van der Waals surface area contributed by atoms with Gasteiger partial charge >= 0.3 is 0 Å². The molecule has 0 saturated carbocycles. The Bertz CT molecular complexity index is 732. The topological polar surface area (TPSA) is 105 Å². The highest BCUT2D eigenvalue weighted by atomic mass is 16.6. The van der Waals surface area contributed by atoms with E-state index in [0.717, 1.165) is 19.5 Å². The summed E-state index contributed by atoms with van der Waals surface area (Å²) in [5.41, 5.74) is 0.0970. The average Bonchev–Trinajstić information content (AvgIpc) is 3.18. The smallest absolute Gasteiger partial charge is 0.271 e. The Balaban J connectivity index is 1.65. The first-order valence-corrected chi connectivity index (χ1v) is 9.22. The van der Waals surface area contributed by atoms with Crippen molar-refractivity contribution in [2.45, 2.75) is 32.2 Å². The number of hydrogen-bond acceptors (Lipinski definition) is 6. The molecule has 1 atom stereocenters. The number of nitrogens with zero attached hydrogens (tertiary/aromatic N) is 3. The zero-order chi connectivity index (χ0) is 19.4. The van der Waals surface area contributed by atoms with E-state index in [4.69, 9.17) is 4.74 Å². The van der Waals surface area contributed by atoms with Crippen molar-refractivity contribution >= 4 is 23.2 Å². The van der Waals surface area contributed by atoms with Gasteiger partial charge in [-0.15, -0.1) is 0 Å². The largest absolute Gasteiger partial charge is 0.482 e. The number of amides is 2. The minimum Gasteiger partial charge on any atom is -0.482 e. The summed E-state index contributed by atoms with van der Waals surface area (Å²) in [5, 5.41) is 13.9. The number of non-ortho nitro benzene ring substituents is 1. The summed E-state index contributed by atoms with van der Waals surface area (Å²) in [7, 11) is 0. The monoisotopic (exact) mass is 376 g/mol. The Morgan fingerprint density at radius 1 is 1.37 bits per heavy atom. The number of anilines is 1. The van der Waals surface area contributed by atoms with Crippen LogP contribution in [0.15, 0.2) is 18.2 Å². The van der Waals surface area contributed by atoms with Crippen LogP contribution in [0.3, 0.4) is 0 Å². The number of carbonyl (C=O) groups is 2. The zero-order valence-corrected chi connectivity index (χ0v) is 15.3. The van der Waals surface area contributed by atoms with Crippen LogP contribution in [0.2, 0.25) is 0 Å². The summed E-state index contributed by atoms with van der Waals surface area (Å²) in [5.74, 6) is -0.332. The van der Waals surface area contributed by atoms with Gasteiger partial charge in [0, 0.05) is 24.7 Å². The first-order chi connectivity index (χ1) is 13.0. The Hall–Kier alpha value is -2.68. The fourth-order valence-electron chi connectivity index (χ4n) is 3.55. The van der Waals surface area contributed by atoms with Crippen LogP contribution >= 0.6 is 0 Å². The molecule has 1 saturated heterocycles. The first kappa shape index (κ1) is 19.1. The number of ether oxygens (including phenoxy) is 1. The normalized spacial score (nSPS) is 18.0. The van der Waals surface area contributed by atoms with Crippen LogP contribution < -0.4 is 15.0 Å². The number of likely N-dealkylation sites (tertiary alicyclic amines) is 1. The Morgan fingerprint density at radius 3 is 2.78 bits per heavy atom. The highest BCUT2D eigenvalue weighted by Gasteiger charge is 2.29. The SMILES string of the molecule is CCC(CNC(=O)CN1C(=O)COc2ccc([N+](=O)[O-])cc21)N1CCCC1. The van der Waals surface area contributed by atoms with Crippen LogP contribution in [-0.4, -0.2) is 60.5 Å². The van der Waals surface area contributed by atoms with Gasteiger partial charge in [0.15, 0.2) is 6.61 Å². The van der Waals surface area contributed by atoms with Crippen LogP contribution in [0, 0.1) is 10.1 Å². The molecule has 0 bridgehead atoms. The quantitative estimate of drug-likeness (QED) is 0.568. The van der Waals surface area contributed by atoms with Gasteiger partial charge in [0.25, 0.3) is 11.6 Å². The van der Waals surface area contributed by atoms with Gasteiger partial charge in [0.2, 0.25) is 5.91 Å². The summed E-state index contributed by atoms with van der Waals surface area (Å²) in [6, 6.07) is 4.31. The summed E-state index contributed by atoms with van der Waals surface area (Å²) in [6.07, 6.45) is 3.30. The van der Waals surface area contributed by atoms with Crippen LogP contribution in [0.1, 0.15) is 26.2 Å².